The van der Waals surface area contributed by atoms with Crippen molar-refractivity contribution in [1.29, 1.82) is 0 Å². The van der Waals surface area contributed by atoms with Gasteiger partial charge in [0.1, 0.15) is 0 Å². The molecule has 0 saturated carbocycles. The first-order valence-corrected chi connectivity index (χ1v) is 4.53. The number of aliphatic hydroxyl groups is 1. The molecular weight excluding hydrogens is 251 g/mol. The first-order valence-electron chi connectivity index (χ1n) is 4.53. The molecule has 7 heteroatoms. The van der Waals surface area contributed by atoms with Crippen molar-refractivity contribution in [2.45, 2.75) is 12.5 Å². The van der Waals surface area contributed by atoms with Gasteiger partial charge in [-0.1, -0.05) is 12.1 Å². The van der Waals surface area contributed by atoms with Crippen LogP contribution in [0.1, 0.15) is 28.4 Å². The summed E-state index contributed by atoms with van der Waals surface area (Å²) >= 11 is 0. The number of carboxylic acid groups (broad SMARTS) is 1. The Bertz CT molecular complexity index is 394. The third-order valence-corrected chi connectivity index (χ3v) is 2.05. The molecule has 0 heterocycles. The Morgan fingerprint density at radius 3 is 2.29 bits per heavy atom. The average Bonchev–Trinajstić information content (AvgIpc) is 2.27. The van der Waals surface area contributed by atoms with Crippen molar-refractivity contribution in [3.8, 4) is 0 Å². The molecule has 1 amide bonds. The Balaban J connectivity index is 0.00000256. The van der Waals surface area contributed by atoms with Gasteiger partial charge < -0.3 is 15.0 Å². The molecule has 0 radical (unpaired) electrons. The van der Waals surface area contributed by atoms with Crippen LogP contribution in [0.25, 0.3) is 0 Å². The van der Waals surface area contributed by atoms with Crippen LogP contribution in [0, 0.1) is 0 Å². The van der Waals surface area contributed by atoms with Crippen LogP contribution in [-0.2, 0) is 4.79 Å². The predicted octanol–water partition coefficient (Wildman–Crippen LogP) is -4.53. The van der Waals surface area contributed by atoms with Crippen molar-refractivity contribution in [2.75, 3.05) is 0 Å². The Labute approximate surface area is 141 Å². The zero-order valence-electron chi connectivity index (χ0n) is 9.34. The van der Waals surface area contributed by atoms with E-state index in [2.05, 4.69) is 0 Å². The van der Waals surface area contributed by atoms with Crippen LogP contribution in [0.2, 0.25) is 0 Å². The summed E-state index contributed by atoms with van der Waals surface area (Å²) in [7, 11) is 0. The quantitative estimate of drug-likeness (QED) is 0.219. The van der Waals surface area contributed by atoms with Crippen molar-refractivity contribution >= 4 is 11.9 Å². The molecule has 1 unspecified atom stereocenters. The zero-order valence-corrected chi connectivity index (χ0v) is 12.5. The van der Waals surface area contributed by atoms with Crippen LogP contribution >= 0.6 is 0 Å². The minimum absolute atomic E-state index is 0. The average molecular weight is 262 g/mol. The molecule has 0 spiro atoms. The molecule has 1 atom stereocenters. The summed E-state index contributed by atoms with van der Waals surface area (Å²) < 4.78 is 0. The summed E-state index contributed by atoms with van der Waals surface area (Å²) in [6, 6.07) is 5.79. The molecule has 1 aromatic carbocycles. The maximum absolute atomic E-state index is 11.1. The first-order chi connectivity index (χ1) is 7.54. The van der Waals surface area contributed by atoms with E-state index in [0.717, 1.165) is 0 Å². The number of nitrogens with two attached hydrogens (primary N) is 1. The van der Waals surface area contributed by atoms with E-state index >= 15 is 0 Å². The second-order valence-electron chi connectivity index (χ2n) is 3.19. The van der Waals surface area contributed by atoms with E-state index in [-0.39, 0.29) is 51.4 Å². The normalized spacial score (nSPS) is 11.2. The second kappa shape index (κ2) is 7.93. The zero-order chi connectivity index (χ0) is 12.1. The monoisotopic (exact) mass is 262 g/mol. The van der Waals surface area contributed by atoms with Gasteiger partial charge in [-0.25, -0.2) is 5.84 Å². The van der Waals surface area contributed by atoms with Gasteiger partial charge in [0.05, 0.1) is 6.10 Å². The smallest absolute Gasteiger partial charge is 0.550 e. The molecule has 86 valence electrons. The topological polar surface area (TPSA) is 115 Å². The van der Waals surface area contributed by atoms with E-state index in [4.69, 9.17) is 5.84 Å². The molecule has 0 saturated heterocycles. The van der Waals surface area contributed by atoms with Crippen molar-refractivity contribution in [2.24, 2.45) is 5.84 Å². The Morgan fingerprint density at radius 2 is 1.88 bits per heavy atom. The van der Waals surface area contributed by atoms with Gasteiger partial charge >= 0.3 is 51.4 Å². The number of carbonyl (C=O) groups excluding carboxylic acids is 2. The molecule has 1 aromatic rings. The second-order valence-corrected chi connectivity index (χ2v) is 3.19. The number of aliphatic hydroxyl groups excluding tert-OH is 1. The van der Waals surface area contributed by atoms with E-state index in [1.807, 2.05) is 5.43 Å². The maximum atomic E-state index is 11.1. The van der Waals surface area contributed by atoms with E-state index in [9.17, 15) is 19.8 Å². The van der Waals surface area contributed by atoms with E-state index in [1.54, 1.807) is 0 Å². The van der Waals surface area contributed by atoms with Crippen molar-refractivity contribution < 1.29 is 71.2 Å². The van der Waals surface area contributed by atoms with Gasteiger partial charge in [-0.3, -0.25) is 10.2 Å². The van der Waals surface area contributed by atoms with Crippen LogP contribution in [0.5, 0.6) is 0 Å². The van der Waals surface area contributed by atoms with Gasteiger partial charge in [0.15, 0.2) is 0 Å². The number of carbonyl (C=O) groups is 2. The molecule has 0 bridgehead atoms. The minimum Gasteiger partial charge on any atom is -0.550 e. The molecule has 1 rings (SSSR count). The third-order valence-electron chi connectivity index (χ3n) is 2.05. The van der Waals surface area contributed by atoms with Crippen LogP contribution in [-0.4, -0.2) is 17.0 Å². The number of hydrogen-bond donors (Lipinski definition) is 3. The number of aliphatic carboxylic acids is 1. The number of rotatable bonds is 4. The predicted molar refractivity (Wildman–Crippen MR) is 52.7 cm³/mol. The molecular formula is C10H11KN2O4. The van der Waals surface area contributed by atoms with Gasteiger partial charge in [-0.05, 0) is 17.7 Å². The number of benzene rings is 1. The first kappa shape index (κ1) is 16.7. The summed E-state index contributed by atoms with van der Waals surface area (Å²) in [5.74, 6) is 3.14. The molecule has 0 aliphatic carbocycles. The van der Waals surface area contributed by atoms with E-state index in [1.165, 1.54) is 24.3 Å². The number of hydrazine groups is 1. The standard InChI is InChI=1S/C10H12N2O4.K/c11-12-10(16)7-3-1-6(2-4-7)8(13)5-9(14)15;/h1-4,8,13H,5,11H2,(H,12,16)(H,14,15);/q;+1/p-1. The maximum Gasteiger partial charge on any atom is 1.00 e. The summed E-state index contributed by atoms with van der Waals surface area (Å²) in [5.41, 5.74) is 2.68. The van der Waals surface area contributed by atoms with E-state index < -0.39 is 24.4 Å². The summed E-state index contributed by atoms with van der Waals surface area (Å²) in [6.07, 6.45) is -1.62. The van der Waals surface area contributed by atoms with Crippen molar-refractivity contribution in [3.05, 3.63) is 35.4 Å². The third kappa shape index (κ3) is 5.26. The fourth-order valence-corrected chi connectivity index (χ4v) is 1.22. The van der Waals surface area contributed by atoms with Gasteiger partial charge in [0.25, 0.3) is 5.91 Å². The minimum atomic E-state index is -1.34. The van der Waals surface area contributed by atoms with Gasteiger partial charge in [-0.15, -0.1) is 0 Å². The number of amides is 1. The number of nitrogens with one attached hydrogen (secondary N) is 1. The Hall–Kier alpha value is -0.284. The van der Waals surface area contributed by atoms with Crippen LogP contribution in [0.4, 0.5) is 0 Å². The molecule has 0 aliphatic rings. The van der Waals surface area contributed by atoms with Crippen LogP contribution in [0.15, 0.2) is 24.3 Å². The van der Waals surface area contributed by atoms with Gasteiger partial charge in [-0.2, -0.15) is 0 Å². The molecule has 0 fully saturated rings. The molecule has 0 aliphatic heterocycles. The summed E-state index contributed by atoms with van der Waals surface area (Å²) in [5, 5.41) is 19.7. The van der Waals surface area contributed by atoms with Crippen molar-refractivity contribution in [1.82, 2.24) is 5.43 Å². The molecule has 17 heavy (non-hydrogen) atoms. The fraction of sp³-hybridized carbons (Fsp3) is 0.200. The SMILES string of the molecule is NNC(=O)c1ccc(C(O)CC(=O)[O-])cc1.[K+]. The number of hydrogen-bond acceptors (Lipinski definition) is 5. The van der Waals surface area contributed by atoms with Crippen LogP contribution < -0.4 is 67.8 Å². The molecule has 0 aromatic heterocycles. The molecule has 6 nitrogen and oxygen atoms in total. The van der Waals surface area contributed by atoms with Gasteiger partial charge in [0, 0.05) is 18.0 Å². The fourth-order valence-electron chi connectivity index (χ4n) is 1.22. The Morgan fingerprint density at radius 1 is 1.35 bits per heavy atom. The summed E-state index contributed by atoms with van der Waals surface area (Å²) in [6.45, 7) is 0. The van der Waals surface area contributed by atoms with Gasteiger partial charge in [0.2, 0.25) is 0 Å². The van der Waals surface area contributed by atoms with E-state index in [0.29, 0.717) is 11.1 Å². The number of nitrogen functional groups attached to an aromatic ring is 1. The van der Waals surface area contributed by atoms with Crippen LogP contribution in [0.3, 0.4) is 0 Å². The van der Waals surface area contributed by atoms with Crippen molar-refractivity contribution in [3.63, 3.8) is 0 Å². The Kier molecular flexibility index (Phi) is 7.80. The summed E-state index contributed by atoms with van der Waals surface area (Å²) in [4.78, 5) is 21.3. The molecule has 4 N–H and O–H groups in total. The number of carboxylic acids is 1. The largest absolute Gasteiger partial charge is 1.00 e.